The van der Waals surface area contributed by atoms with Gasteiger partial charge in [0.1, 0.15) is 11.6 Å². The van der Waals surface area contributed by atoms with Gasteiger partial charge in [0.15, 0.2) is 0 Å². The zero-order chi connectivity index (χ0) is 20.1. The molecule has 0 spiro atoms. The summed E-state index contributed by atoms with van der Waals surface area (Å²) >= 11 is 0. The summed E-state index contributed by atoms with van der Waals surface area (Å²) in [5.41, 5.74) is 9.14. The van der Waals surface area contributed by atoms with Crippen LogP contribution in [0, 0.1) is 5.92 Å². The Morgan fingerprint density at radius 1 is 1.21 bits per heavy atom. The second-order valence-corrected chi connectivity index (χ2v) is 6.89. The first-order valence-corrected chi connectivity index (χ1v) is 9.32. The van der Waals surface area contributed by atoms with E-state index < -0.39 is 0 Å². The Bertz CT molecular complexity index is 963. The fraction of sp³-hybridized carbons (Fsp3) is 0.273. The van der Waals surface area contributed by atoms with Crippen LogP contribution < -0.4 is 10.5 Å². The molecule has 1 aromatic carbocycles. The molecule has 0 bridgehead atoms. The van der Waals surface area contributed by atoms with Crippen molar-refractivity contribution < 1.29 is 14.3 Å². The number of aromatic nitrogens is 2. The van der Waals surface area contributed by atoms with E-state index in [1.807, 2.05) is 30.5 Å². The fourth-order valence-corrected chi connectivity index (χ4v) is 2.76. The summed E-state index contributed by atoms with van der Waals surface area (Å²) in [6, 6.07) is 11.2. The topological polar surface area (TPSA) is 79.4 Å². The maximum Gasteiger partial charge on any atom is 0.338 e. The number of rotatable bonds is 7. The van der Waals surface area contributed by atoms with E-state index in [4.69, 9.17) is 15.2 Å². The van der Waals surface area contributed by atoms with Crippen LogP contribution >= 0.6 is 0 Å². The number of benzene rings is 1. The minimum Gasteiger partial charge on any atom is -0.493 e. The molecule has 28 heavy (non-hydrogen) atoms. The summed E-state index contributed by atoms with van der Waals surface area (Å²) < 4.78 is 12.7. The van der Waals surface area contributed by atoms with Crippen molar-refractivity contribution in [3.05, 3.63) is 60.6 Å². The number of esters is 1. The summed E-state index contributed by atoms with van der Waals surface area (Å²) in [5, 5.41) is 0. The average Bonchev–Trinajstić information content (AvgIpc) is 3.09. The van der Waals surface area contributed by atoms with E-state index in [1.165, 1.54) is 0 Å². The zero-order valence-electron chi connectivity index (χ0n) is 16.4. The van der Waals surface area contributed by atoms with Crippen molar-refractivity contribution in [1.29, 1.82) is 0 Å². The SMILES string of the molecule is CCOC(=O)c1ccnc(-n2cc(N)c(-c3cccc(OCC(C)C)c3)c2)c1. The van der Waals surface area contributed by atoms with Crippen LogP contribution in [-0.2, 0) is 4.74 Å². The summed E-state index contributed by atoms with van der Waals surface area (Å²) in [6.45, 7) is 6.98. The van der Waals surface area contributed by atoms with Gasteiger partial charge in [-0.05, 0) is 42.7 Å². The normalized spacial score (nSPS) is 10.9. The summed E-state index contributed by atoms with van der Waals surface area (Å²) in [6.07, 6.45) is 5.26. The molecule has 2 heterocycles. The molecule has 6 heteroatoms. The van der Waals surface area contributed by atoms with Gasteiger partial charge in [0, 0.05) is 24.2 Å². The zero-order valence-corrected chi connectivity index (χ0v) is 16.4. The van der Waals surface area contributed by atoms with Crippen molar-refractivity contribution in [3.8, 4) is 22.7 Å². The summed E-state index contributed by atoms with van der Waals surface area (Å²) in [4.78, 5) is 16.3. The maximum absolute atomic E-state index is 12.0. The predicted molar refractivity (Wildman–Crippen MR) is 110 cm³/mol. The first-order chi connectivity index (χ1) is 13.5. The number of pyridine rings is 1. The Kier molecular flexibility index (Phi) is 5.99. The summed E-state index contributed by atoms with van der Waals surface area (Å²) in [5.74, 6) is 1.48. The highest BCUT2D eigenvalue weighted by atomic mass is 16.5. The van der Waals surface area contributed by atoms with Gasteiger partial charge >= 0.3 is 5.97 Å². The fourth-order valence-electron chi connectivity index (χ4n) is 2.76. The van der Waals surface area contributed by atoms with Crippen molar-refractivity contribution in [2.45, 2.75) is 20.8 Å². The number of hydrogen-bond donors (Lipinski definition) is 1. The average molecular weight is 379 g/mol. The molecular formula is C22H25N3O3. The van der Waals surface area contributed by atoms with Gasteiger partial charge in [0.25, 0.3) is 0 Å². The molecule has 0 atom stereocenters. The van der Waals surface area contributed by atoms with Crippen LogP contribution in [0.25, 0.3) is 16.9 Å². The summed E-state index contributed by atoms with van der Waals surface area (Å²) in [7, 11) is 0. The minimum atomic E-state index is -0.374. The molecular weight excluding hydrogens is 354 g/mol. The monoisotopic (exact) mass is 379 g/mol. The molecule has 0 unspecified atom stereocenters. The third-order valence-corrected chi connectivity index (χ3v) is 4.11. The number of anilines is 1. The van der Waals surface area contributed by atoms with Gasteiger partial charge in [0.05, 0.1) is 24.5 Å². The van der Waals surface area contributed by atoms with Crippen molar-refractivity contribution in [1.82, 2.24) is 9.55 Å². The highest BCUT2D eigenvalue weighted by molar-refractivity contribution is 5.89. The van der Waals surface area contributed by atoms with E-state index in [0.717, 1.165) is 16.9 Å². The number of ether oxygens (including phenoxy) is 2. The van der Waals surface area contributed by atoms with Gasteiger partial charge in [0.2, 0.25) is 0 Å². The highest BCUT2D eigenvalue weighted by Crippen LogP contribution is 2.30. The first kappa shape index (κ1) is 19.5. The number of carbonyl (C=O) groups excluding carboxylic acids is 1. The van der Waals surface area contributed by atoms with Crippen LogP contribution in [-0.4, -0.2) is 28.7 Å². The molecule has 3 rings (SSSR count). The standard InChI is InChI=1S/C22H25N3O3/c1-4-27-22(26)17-8-9-24-21(11-17)25-12-19(20(23)13-25)16-6-5-7-18(10-16)28-14-15(2)3/h5-13,15H,4,14,23H2,1-3H3. The molecule has 0 saturated carbocycles. The molecule has 0 aliphatic rings. The molecule has 6 nitrogen and oxygen atoms in total. The van der Waals surface area contributed by atoms with Crippen molar-refractivity contribution in [2.24, 2.45) is 5.92 Å². The lowest BCUT2D eigenvalue weighted by atomic mass is 10.1. The molecule has 146 valence electrons. The second kappa shape index (κ2) is 8.61. The molecule has 0 aliphatic heterocycles. The highest BCUT2D eigenvalue weighted by Gasteiger charge is 2.12. The van der Waals surface area contributed by atoms with Gasteiger partial charge < -0.3 is 19.8 Å². The van der Waals surface area contributed by atoms with Gasteiger partial charge in [-0.15, -0.1) is 0 Å². The van der Waals surface area contributed by atoms with E-state index in [1.54, 1.807) is 36.0 Å². The van der Waals surface area contributed by atoms with E-state index in [0.29, 0.717) is 36.2 Å². The quantitative estimate of drug-likeness (QED) is 0.618. The Balaban J connectivity index is 1.89. The number of carbonyl (C=O) groups is 1. The minimum absolute atomic E-state index is 0.326. The molecule has 0 aliphatic carbocycles. The van der Waals surface area contributed by atoms with E-state index >= 15 is 0 Å². The Labute approximate surface area is 164 Å². The lowest BCUT2D eigenvalue weighted by molar-refractivity contribution is 0.0526. The smallest absolute Gasteiger partial charge is 0.338 e. The number of nitrogens with zero attached hydrogens (tertiary/aromatic N) is 2. The van der Waals surface area contributed by atoms with E-state index in [9.17, 15) is 4.79 Å². The van der Waals surface area contributed by atoms with Crippen LogP contribution in [0.2, 0.25) is 0 Å². The number of nitrogen functional groups attached to an aromatic ring is 1. The molecule has 0 amide bonds. The first-order valence-electron chi connectivity index (χ1n) is 9.32. The van der Waals surface area contributed by atoms with E-state index in [-0.39, 0.29) is 5.97 Å². The molecule has 0 radical (unpaired) electrons. The van der Waals surface area contributed by atoms with E-state index in [2.05, 4.69) is 18.8 Å². The maximum atomic E-state index is 12.0. The molecule has 2 aromatic heterocycles. The van der Waals surface area contributed by atoms with Crippen LogP contribution in [0.3, 0.4) is 0 Å². The van der Waals surface area contributed by atoms with Gasteiger partial charge in [-0.1, -0.05) is 26.0 Å². The lowest BCUT2D eigenvalue weighted by Crippen LogP contribution is -2.06. The third kappa shape index (κ3) is 4.52. The lowest BCUT2D eigenvalue weighted by Gasteiger charge is -2.10. The largest absolute Gasteiger partial charge is 0.493 e. The molecule has 0 fully saturated rings. The van der Waals surface area contributed by atoms with Crippen LogP contribution in [0.5, 0.6) is 5.75 Å². The van der Waals surface area contributed by atoms with Crippen LogP contribution in [0.4, 0.5) is 5.69 Å². The number of hydrogen-bond acceptors (Lipinski definition) is 5. The van der Waals surface area contributed by atoms with Gasteiger partial charge in [-0.3, -0.25) is 0 Å². The molecule has 3 aromatic rings. The Morgan fingerprint density at radius 3 is 2.79 bits per heavy atom. The van der Waals surface area contributed by atoms with Gasteiger partial charge in [-0.2, -0.15) is 0 Å². The van der Waals surface area contributed by atoms with Crippen molar-refractivity contribution in [2.75, 3.05) is 18.9 Å². The second-order valence-electron chi connectivity index (χ2n) is 6.89. The Morgan fingerprint density at radius 2 is 2.04 bits per heavy atom. The van der Waals surface area contributed by atoms with Gasteiger partial charge in [-0.25, -0.2) is 9.78 Å². The van der Waals surface area contributed by atoms with Crippen molar-refractivity contribution in [3.63, 3.8) is 0 Å². The predicted octanol–water partition coefficient (Wildman–Crippen LogP) is 4.33. The molecule has 2 N–H and O–H groups in total. The van der Waals surface area contributed by atoms with Crippen LogP contribution in [0.1, 0.15) is 31.1 Å². The Hall–Kier alpha value is -3.28. The number of nitrogens with two attached hydrogens (primary N) is 1. The third-order valence-electron chi connectivity index (χ3n) is 4.11. The van der Waals surface area contributed by atoms with Crippen molar-refractivity contribution >= 4 is 11.7 Å². The van der Waals surface area contributed by atoms with Crippen LogP contribution in [0.15, 0.2) is 55.0 Å². The molecule has 0 saturated heterocycles.